The summed E-state index contributed by atoms with van der Waals surface area (Å²) >= 11 is 8.70. The Hall–Kier alpha value is -0.220. The maximum Gasteiger partial charge on any atom is 0.280 e. The first-order valence-electron chi connectivity index (χ1n) is 3.56. The zero-order valence-electron chi connectivity index (χ0n) is 6.82. The van der Waals surface area contributed by atoms with Gasteiger partial charge < -0.3 is 0 Å². The molecule has 1 nitrogen and oxygen atoms in total. The summed E-state index contributed by atoms with van der Waals surface area (Å²) in [6.07, 6.45) is -2.58. The third kappa shape index (κ3) is 2.38. The van der Waals surface area contributed by atoms with Crippen LogP contribution in [0.1, 0.15) is 23.4 Å². The number of aryl methyl sites for hydroxylation is 1. The van der Waals surface area contributed by atoms with Crippen LogP contribution in [-0.4, -0.2) is 4.98 Å². The second kappa shape index (κ2) is 4.33. The first kappa shape index (κ1) is 10.9. The largest absolute Gasteiger partial charge is 0.280 e. The lowest BCUT2D eigenvalue weighted by Crippen LogP contribution is -1.99. The number of alkyl halides is 3. The molecule has 0 atom stereocenters. The fraction of sp³-hybridized carbons (Fsp3) is 0.375. The first-order valence-corrected chi connectivity index (χ1v) is 4.89. The summed E-state index contributed by atoms with van der Waals surface area (Å²) in [6.45, 7) is 1.66. The van der Waals surface area contributed by atoms with Gasteiger partial charge in [-0.25, -0.2) is 8.78 Å². The van der Waals surface area contributed by atoms with Gasteiger partial charge in [0.05, 0.1) is 5.88 Å². The Morgan fingerprint density at radius 1 is 1.62 bits per heavy atom. The van der Waals surface area contributed by atoms with E-state index in [-0.39, 0.29) is 11.6 Å². The van der Waals surface area contributed by atoms with Crippen molar-refractivity contribution in [1.82, 2.24) is 4.98 Å². The van der Waals surface area contributed by atoms with E-state index in [2.05, 4.69) is 20.9 Å². The fourth-order valence-corrected chi connectivity index (χ4v) is 2.11. The van der Waals surface area contributed by atoms with E-state index in [1.807, 2.05) is 0 Å². The molecule has 1 aromatic rings. The average Bonchev–Trinajstić information content (AvgIpc) is 2.02. The average molecular weight is 271 g/mol. The number of nitrogens with zero attached hydrogens (tertiary/aromatic N) is 1. The molecule has 1 heterocycles. The molecule has 1 aromatic heterocycles. The number of hydrogen-bond donors (Lipinski definition) is 0. The quantitative estimate of drug-likeness (QED) is 0.744. The van der Waals surface area contributed by atoms with Crippen molar-refractivity contribution in [2.45, 2.75) is 19.2 Å². The van der Waals surface area contributed by atoms with E-state index in [1.54, 1.807) is 13.0 Å². The molecule has 0 unspecified atom stereocenters. The maximum atomic E-state index is 12.4. The van der Waals surface area contributed by atoms with Crippen LogP contribution >= 0.6 is 27.5 Å². The van der Waals surface area contributed by atoms with E-state index < -0.39 is 6.43 Å². The molecule has 0 radical (unpaired) electrons. The highest BCUT2D eigenvalue weighted by molar-refractivity contribution is 9.10. The molecule has 0 amide bonds. The monoisotopic (exact) mass is 269 g/mol. The van der Waals surface area contributed by atoms with Gasteiger partial charge in [-0.2, -0.15) is 0 Å². The van der Waals surface area contributed by atoms with Crippen molar-refractivity contribution in [3.05, 3.63) is 27.5 Å². The van der Waals surface area contributed by atoms with Crippen LogP contribution in [0.25, 0.3) is 0 Å². The van der Waals surface area contributed by atoms with Gasteiger partial charge in [-0.15, -0.1) is 11.6 Å². The van der Waals surface area contributed by atoms with Gasteiger partial charge in [0, 0.05) is 15.7 Å². The summed E-state index contributed by atoms with van der Waals surface area (Å²) in [4.78, 5) is 3.74. The summed E-state index contributed by atoms with van der Waals surface area (Å²) in [6, 6.07) is 1.67. The van der Waals surface area contributed by atoms with Gasteiger partial charge in [0.25, 0.3) is 6.43 Å². The summed E-state index contributed by atoms with van der Waals surface area (Å²) in [7, 11) is 0. The van der Waals surface area contributed by atoms with Crippen molar-refractivity contribution in [2.75, 3.05) is 0 Å². The molecule has 1 rings (SSSR count). The Morgan fingerprint density at radius 3 is 2.69 bits per heavy atom. The van der Waals surface area contributed by atoms with Gasteiger partial charge >= 0.3 is 0 Å². The van der Waals surface area contributed by atoms with Crippen molar-refractivity contribution >= 4 is 27.5 Å². The van der Waals surface area contributed by atoms with Crippen molar-refractivity contribution in [3.63, 3.8) is 0 Å². The predicted octanol–water partition coefficient (Wildman–Crippen LogP) is 3.83. The normalized spacial score (nSPS) is 10.9. The van der Waals surface area contributed by atoms with Crippen LogP contribution in [0.5, 0.6) is 0 Å². The summed E-state index contributed by atoms with van der Waals surface area (Å²) in [5.74, 6) is 0.0353. The van der Waals surface area contributed by atoms with Crippen LogP contribution in [0, 0.1) is 6.92 Å². The van der Waals surface area contributed by atoms with Crippen molar-refractivity contribution in [3.8, 4) is 0 Å². The lowest BCUT2D eigenvalue weighted by Gasteiger charge is -2.08. The minimum Gasteiger partial charge on any atom is -0.252 e. The zero-order chi connectivity index (χ0) is 10.0. The highest BCUT2D eigenvalue weighted by Gasteiger charge is 2.17. The summed E-state index contributed by atoms with van der Waals surface area (Å²) < 4.78 is 25.5. The van der Waals surface area contributed by atoms with E-state index in [1.165, 1.54) is 0 Å². The molecule has 0 bridgehead atoms. The SMILES string of the molecule is Cc1cc(Br)c(CCl)c(C(F)F)n1. The molecular weight excluding hydrogens is 263 g/mol. The highest BCUT2D eigenvalue weighted by atomic mass is 79.9. The molecule has 0 saturated heterocycles. The Bertz CT molecular complexity index is 317. The molecular formula is C8H7BrClF2N. The van der Waals surface area contributed by atoms with Gasteiger partial charge in [-0.3, -0.25) is 4.98 Å². The standard InChI is InChI=1S/C8H7BrClF2N/c1-4-2-6(9)5(3-10)7(13-4)8(11)12/h2,8H,3H2,1H3. The molecule has 0 N–H and O–H groups in total. The fourth-order valence-electron chi connectivity index (χ4n) is 0.995. The topological polar surface area (TPSA) is 12.9 Å². The lowest BCUT2D eigenvalue weighted by molar-refractivity contribution is 0.145. The first-order chi connectivity index (χ1) is 6.06. The molecule has 0 aliphatic rings. The van der Waals surface area contributed by atoms with Gasteiger partial charge in [0.1, 0.15) is 5.69 Å². The third-order valence-corrected chi connectivity index (χ3v) is 2.55. The van der Waals surface area contributed by atoms with Crippen molar-refractivity contribution in [1.29, 1.82) is 0 Å². The Labute approximate surface area is 88.2 Å². The predicted molar refractivity (Wildman–Crippen MR) is 51.2 cm³/mol. The Balaban J connectivity index is 3.29. The van der Waals surface area contributed by atoms with E-state index in [0.29, 0.717) is 15.7 Å². The van der Waals surface area contributed by atoms with Gasteiger partial charge in [0.15, 0.2) is 0 Å². The smallest absolute Gasteiger partial charge is 0.252 e. The minimum absolute atomic E-state index is 0.0353. The van der Waals surface area contributed by atoms with E-state index in [9.17, 15) is 8.78 Å². The van der Waals surface area contributed by atoms with Crippen LogP contribution in [0.4, 0.5) is 8.78 Å². The lowest BCUT2D eigenvalue weighted by atomic mass is 10.2. The number of hydrogen-bond acceptors (Lipinski definition) is 1. The van der Waals surface area contributed by atoms with E-state index in [4.69, 9.17) is 11.6 Å². The molecule has 0 aliphatic carbocycles. The molecule has 0 spiro atoms. The van der Waals surface area contributed by atoms with Crippen molar-refractivity contribution < 1.29 is 8.78 Å². The van der Waals surface area contributed by atoms with Crippen LogP contribution in [0.2, 0.25) is 0 Å². The second-order valence-corrected chi connectivity index (χ2v) is 3.67. The molecule has 0 fully saturated rings. The molecule has 0 saturated carbocycles. The third-order valence-electron chi connectivity index (χ3n) is 1.57. The summed E-state index contributed by atoms with van der Waals surface area (Å²) in [5, 5.41) is 0. The van der Waals surface area contributed by atoms with Crippen molar-refractivity contribution in [2.24, 2.45) is 0 Å². The molecule has 5 heteroatoms. The van der Waals surface area contributed by atoms with Gasteiger partial charge in [0.2, 0.25) is 0 Å². The van der Waals surface area contributed by atoms with Crippen LogP contribution in [0.3, 0.4) is 0 Å². The maximum absolute atomic E-state index is 12.4. The van der Waals surface area contributed by atoms with Crippen LogP contribution in [0.15, 0.2) is 10.5 Å². The molecule has 13 heavy (non-hydrogen) atoms. The van der Waals surface area contributed by atoms with E-state index in [0.717, 1.165) is 0 Å². The molecule has 0 aromatic carbocycles. The summed E-state index contributed by atoms with van der Waals surface area (Å²) in [5.41, 5.74) is 0.681. The van der Waals surface area contributed by atoms with Crippen LogP contribution < -0.4 is 0 Å². The van der Waals surface area contributed by atoms with Crippen LogP contribution in [-0.2, 0) is 5.88 Å². The number of aromatic nitrogens is 1. The zero-order valence-corrected chi connectivity index (χ0v) is 9.16. The number of halogens is 4. The Morgan fingerprint density at radius 2 is 2.23 bits per heavy atom. The number of rotatable bonds is 2. The molecule has 72 valence electrons. The van der Waals surface area contributed by atoms with E-state index >= 15 is 0 Å². The second-order valence-electron chi connectivity index (χ2n) is 2.54. The Kier molecular flexibility index (Phi) is 3.62. The minimum atomic E-state index is -2.58. The van der Waals surface area contributed by atoms with Gasteiger partial charge in [-0.1, -0.05) is 15.9 Å². The number of pyridine rings is 1. The van der Waals surface area contributed by atoms with Gasteiger partial charge in [-0.05, 0) is 13.0 Å². The highest BCUT2D eigenvalue weighted by Crippen LogP contribution is 2.28. The molecule has 0 aliphatic heterocycles.